The third kappa shape index (κ3) is 2.61. The molecule has 2 aromatic rings. The predicted octanol–water partition coefficient (Wildman–Crippen LogP) is 4.39. The number of anilines is 3. The summed E-state index contributed by atoms with van der Waals surface area (Å²) in [6, 6.07) is 12.1. The van der Waals surface area contributed by atoms with E-state index in [0.717, 1.165) is 21.5 Å². The second-order valence-electron chi connectivity index (χ2n) is 4.12. The van der Waals surface area contributed by atoms with Gasteiger partial charge in [0.2, 0.25) is 0 Å². The van der Waals surface area contributed by atoms with Gasteiger partial charge in [-0.2, -0.15) is 0 Å². The van der Waals surface area contributed by atoms with Crippen molar-refractivity contribution in [2.75, 3.05) is 11.1 Å². The number of nitrogens with two attached hydrogens (primary N) is 1. The van der Waals surface area contributed by atoms with Gasteiger partial charge in [-0.25, -0.2) is 0 Å². The molecule has 0 unspecified atom stereocenters. The summed E-state index contributed by atoms with van der Waals surface area (Å²) in [7, 11) is 0. The van der Waals surface area contributed by atoms with Crippen molar-refractivity contribution in [3.8, 4) is 0 Å². The van der Waals surface area contributed by atoms with Gasteiger partial charge >= 0.3 is 0 Å². The highest BCUT2D eigenvalue weighted by molar-refractivity contribution is 9.10. The van der Waals surface area contributed by atoms with Crippen molar-refractivity contribution >= 4 is 33.0 Å². The maximum atomic E-state index is 5.98. The number of halogens is 1. The van der Waals surface area contributed by atoms with Gasteiger partial charge in [-0.15, -0.1) is 0 Å². The van der Waals surface area contributed by atoms with Crippen molar-refractivity contribution in [2.45, 2.75) is 13.8 Å². The Morgan fingerprint density at radius 2 is 1.71 bits per heavy atom. The van der Waals surface area contributed by atoms with E-state index in [-0.39, 0.29) is 0 Å². The number of nitrogens with one attached hydrogen (secondary N) is 1. The molecule has 0 spiro atoms. The summed E-state index contributed by atoms with van der Waals surface area (Å²) in [5.74, 6) is 0. The van der Waals surface area contributed by atoms with Gasteiger partial charge in [-0.3, -0.25) is 0 Å². The Kier molecular flexibility index (Phi) is 3.38. The number of para-hydroxylation sites is 1. The monoisotopic (exact) mass is 290 g/mol. The van der Waals surface area contributed by atoms with Crippen LogP contribution in [0.3, 0.4) is 0 Å². The smallest absolute Gasteiger partial charge is 0.0618 e. The first-order valence-electron chi connectivity index (χ1n) is 5.46. The third-order valence-electron chi connectivity index (χ3n) is 2.75. The fraction of sp³-hybridized carbons (Fsp3) is 0.143. The molecule has 2 nitrogen and oxygen atoms in total. The SMILES string of the molecule is Cc1cccc(C)c1Nc1ccc(Br)cc1N. The standard InChI is InChI=1S/C14H15BrN2/c1-9-4-3-5-10(2)14(9)17-13-7-6-11(15)8-12(13)16/h3-8,17H,16H2,1-2H3. The van der Waals surface area contributed by atoms with Crippen molar-refractivity contribution in [1.82, 2.24) is 0 Å². The molecule has 3 N–H and O–H groups in total. The summed E-state index contributed by atoms with van der Waals surface area (Å²) < 4.78 is 0.988. The maximum Gasteiger partial charge on any atom is 0.0618 e. The lowest BCUT2D eigenvalue weighted by atomic mass is 10.1. The normalized spacial score (nSPS) is 10.3. The molecule has 0 saturated carbocycles. The second kappa shape index (κ2) is 4.80. The molecule has 88 valence electrons. The van der Waals surface area contributed by atoms with E-state index < -0.39 is 0 Å². The Balaban J connectivity index is 2.38. The van der Waals surface area contributed by atoms with Gasteiger partial charge in [-0.05, 0) is 43.2 Å². The van der Waals surface area contributed by atoms with E-state index in [1.807, 2.05) is 18.2 Å². The average Bonchev–Trinajstić information content (AvgIpc) is 2.26. The van der Waals surface area contributed by atoms with Crippen LogP contribution in [-0.4, -0.2) is 0 Å². The molecule has 2 rings (SSSR count). The lowest BCUT2D eigenvalue weighted by Gasteiger charge is -2.14. The Labute approximate surface area is 110 Å². The molecule has 0 aliphatic carbocycles. The first-order chi connectivity index (χ1) is 8.08. The summed E-state index contributed by atoms with van der Waals surface area (Å²) in [6.45, 7) is 4.18. The zero-order valence-electron chi connectivity index (χ0n) is 9.92. The van der Waals surface area contributed by atoms with Crippen LogP contribution in [0.1, 0.15) is 11.1 Å². The van der Waals surface area contributed by atoms with Crippen LogP contribution in [-0.2, 0) is 0 Å². The molecular weight excluding hydrogens is 276 g/mol. The van der Waals surface area contributed by atoms with Crippen LogP contribution in [0.25, 0.3) is 0 Å². The fourth-order valence-electron chi connectivity index (χ4n) is 1.79. The average molecular weight is 291 g/mol. The van der Waals surface area contributed by atoms with Crippen molar-refractivity contribution < 1.29 is 0 Å². The number of benzene rings is 2. The molecule has 0 amide bonds. The molecule has 2 aromatic carbocycles. The molecule has 0 bridgehead atoms. The first-order valence-corrected chi connectivity index (χ1v) is 6.25. The third-order valence-corrected chi connectivity index (χ3v) is 3.25. The fourth-order valence-corrected chi connectivity index (χ4v) is 2.17. The highest BCUT2D eigenvalue weighted by Crippen LogP contribution is 2.29. The van der Waals surface area contributed by atoms with Crippen molar-refractivity contribution in [1.29, 1.82) is 0 Å². The molecule has 0 aromatic heterocycles. The zero-order valence-corrected chi connectivity index (χ0v) is 11.5. The molecule has 0 fully saturated rings. The van der Waals surface area contributed by atoms with Crippen LogP contribution >= 0.6 is 15.9 Å². The van der Waals surface area contributed by atoms with E-state index in [1.54, 1.807) is 0 Å². The van der Waals surface area contributed by atoms with E-state index in [2.05, 4.69) is 53.3 Å². The minimum absolute atomic E-state index is 0.738. The Bertz CT molecular complexity index is 530. The van der Waals surface area contributed by atoms with E-state index in [4.69, 9.17) is 5.73 Å². The molecule has 0 aliphatic rings. The number of rotatable bonds is 2. The van der Waals surface area contributed by atoms with Crippen LogP contribution in [0.5, 0.6) is 0 Å². The zero-order chi connectivity index (χ0) is 12.4. The molecule has 0 heterocycles. The number of nitrogen functional groups attached to an aromatic ring is 1. The molecule has 0 atom stereocenters. The number of hydrogen-bond acceptors (Lipinski definition) is 2. The van der Waals surface area contributed by atoms with Crippen LogP contribution in [0.2, 0.25) is 0 Å². The predicted molar refractivity (Wildman–Crippen MR) is 77.8 cm³/mol. The van der Waals surface area contributed by atoms with Gasteiger partial charge in [0.15, 0.2) is 0 Å². The van der Waals surface area contributed by atoms with Crippen molar-refractivity contribution in [2.24, 2.45) is 0 Å². The largest absolute Gasteiger partial charge is 0.397 e. The topological polar surface area (TPSA) is 38.0 Å². The van der Waals surface area contributed by atoms with E-state index in [0.29, 0.717) is 0 Å². The lowest BCUT2D eigenvalue weighted by molar-refractivity contribution is 1.36. The Morgan fingerprint density at radius 1 is 1.06 bits per heavy atom. The Hall–Kier alpha value is -1.48. The van der Waals surface area contributed by atoms with Crippen LogP contribution < -0.4 is 11.1 Å². The maximum absolute atomic E-state index is 5.98. The summed E-state index contributed by atoms with van der Waals surface area (Å²) in [5, 5.41) is 3.39. The second-order valence-corrected chi connectivity index (χ2v) is 5.04. The molecule has 3 heteroatoms. The molecule has 0 radical (unpaired) electrons. The van der Waals surface area contributed by atoms with Gasteiger partial charge in [0, 0.05) is 10.2 Å². The number of aryl methyl sites for hydroxylation is 2. The molecule has 17 heavy (non-hydrogen) atoms. The van der Waals surface area contributed by atoms with E-state index in [9.17, 15) is 0 Å². The quantitative estimate of drug-likeness (QED) is 0.805. The summed E-state index contributed by atoms with van der Waals surface area (Å²) >= 11 is 3.40. The van der Waals surface area contributed by atoms with Crippen LogP contribution in [0, 0.1) is 13.8 Å². The van der Waals surface area contributed by atoms with Crippen molar-refractivity contribution in [3.63, 3.8) is 0 Å². The van der Waals surface area contributed by atoms with Gasteiger partial charge < -0.3 is 11.1 Å². The summed E-state index contributed by atoms with van der Waals surface area (Å²) in [6.07, 6.45) is 0. The van der Waals surface area contributed by atoms with Gasteiger partial charge in [0.05, 0.1) is 11.4 Å². The molecule has 0 aliphatic heterocycles. The molecule has 0 saturated heterocycles. The summed E-state index contributed by atoms with van der Waals surface area (Å²) in [4.78, 5) is 0. The van der Waals surface area contributed by atoms with Crippen LogP contribution in [0.4, 0.5) is 17.1 Å². The van der Waals surface area contributed by atoms with Crippen LogP contribution in [0.15, 0.2) is 40.9 Å². The first kappa shape index (κ1) is 12.0. The summed E-state index contributed by atoms with van der Waals surface area (Å²) in [5.41, 5.74) is 11.2. The van der Waals surface area contributed by atoms with Gasteiger partial charge in [0.1, 0.15) is 0 Å². The van der Waals surface area contributed by atoms with Gasteiger partial charge in [0.25, 0.3) is 0 Å². The van der Waals surface area contributed by atoms with E-state index in [1.165, 1.54) is 11.1 Å². The number of hydrogen-bond donors (Lipinski definition) is 2. The highest BCUT2D eigenvalue weighted by atomic mass is 79.9. The van der Waals surface area contributed by atoms with Crippen molar-refractivity contribution in [3.05, 3.63) is 52.0 Å². The highest BCUT2D eigenvalue weighted by Gasteiger charge is 2.05. The minimum atomic E-state index is 0.738. The minimum Gasteiger partial charge on any atom is -0.397 e. The lowest BCUT2D eigenvalue weighted by Crippen LogP contribution is -1.99. The Morgan fingerprint density at radius 3 is 2.29 bits per heavy atom. The van der Waals surface area contributed by atoms with Gasteiger partial charge in [-0.1, -0.05) is 34.1 Å². The molecular formula is C14H15BrN2. The van der Waals surface area contributed by atoms with E-state index >= 15 is 0 Å².